The highest BCUT2D eigenvalue weighted by molar-refractivity contribution is 5.78. The van der Waals surface area contributed by atoms with Crippen LogP contribution in [-0.2, 0) is 17.9 Å². The zero-order valence-electron chi connectivity index (χ0n) is 17.7. The molecule has 1 aliphatic rings. The zero-order valence-corrected chi connectivity index (χ0v) is 17.7. The Morgan fingerprint density at radius 1 is 1.07 bits per heavy atom. The Morgan fingerprint density at radius 2 is 1.77 bits per heavy atom. The molecule has 7 heteroatoms. The van der Waals surface area contributed by atoms with Crippen LogP contribution in [0.15, 0.2) is 42.5 Å². The van der Waals surface area contributed by atoms with Gasteiger partial charge in [-0.1, -0.05) is 18.2 Å². The van der Waals surface area contributed by atoms with Crippen molar-refractivity contribution >= 4 is 5.91 Å². The minimum atomic E-state index is -0.239. The molecule has 2 aromatic rings. The van der Waals surface area contributed by atoms with Crippen LogP contribution in [0.2, 0.25) is 0 Å². The highest BCUT2D eigenvalue weighted by atomic mass is 19.1. The van der Waals surface area contributed by atoms with Crippen LogP contribution < -0.4 is 9.47 Å². The summed E-state index contributed by atoms with van der Waals surface area (Å²) >= 11 is 0. The van der Waals surface area contributed by atoms with Gasteiger partial charge in [-0.05, 0) is 49.2 Å². The minimum Gasteiger partial charge on any atom is -0.493 e. The SMILES string of the molecule is COc1ccc(CO)cc1OCC(=O)N1C[C@H](C)N(Cc2ccc(F)cc2)C[C@H]1C. The maximum Gasteiger partial charge on any atom is 0.260 e. The molecule has 2 aromatic carbocycles. The lowest BCUT2D eigenvalue weighted by molar-refractivity contribution is -0.139. The van der Waals surface area contributed by atoms with E-state index in [2.05, 4.69) is 11.8 Å². The second kappa shape index (κ2) is 9.91. The molecular formula is C23H29FN2O4. The molecule has 1 amide bonds. The summed E-state index contributed by atoms with van der Waals surface area (Å²) in [7, 11) is 1.53. The van der Waals surface area contributed by atoms with Gasteiger partial charge in [0.05, 0.1) is 13.7 Å². The first kappa shape index (κ1) is 22.1. The summed E-state index contributed by atoms with van der Waals surface area (Å²) in [6.45, 7) is 5.94. The Kier molecular flexibility index (Phi) is 7.29. The van der Waals surface area contributed by atoms with Gasteiger partial charge in [-0.15, -0.1) is 0 Å². The van der Waals surface area contributed by atoms with Crippen LogP contribution in [0.4, 0.5) is 4.39 Å². The van der Waals surface area contributed by atoms with E-state index in [0.717, 1.165) is 18.7 Å². The van der Waals surface area contributed by atoms with Gasteiger partial charge in [-0.2, -0.15) is 0 Å². The highest BCUT2D eigenvalue weighted by Crippen LogP contribution is 2.28. The first-order valence-electron chi connectivity index (χ1n) is 10.1. The summed E-state index contributed by atoms with van der Waals surface area (Å²) in [5.74, 6) is 0.627. The molecule has 0 bridgehead atoms. The summed E-state index contributed by atoms with van der Waals surface area (Å²) in [4.78, 5) is 17.0. The number of nitrogens with zero attached hydrogens (tertiary/aromatic N) is 2. The first-order chi connectivity index (χ1) is 14.4. The molecule has 0 aliphatic carbocycles. The van der Waals surface area contributed by atoms with E-state index in [0.29, 0.717) is 23.6 Å². The Labute approximate surface area is 176 Å². The van der Waals surface area contributed by atoms with Gasteiger partial charge < -0.3 is 19.5 Å². The minimum absolute atomic E-state index is 0.0309. The molecule has 3 rings (SSSR count). The second-order valence-corrected chi connectivity index (χ2v) is 7.73. The first-order valence-corrected chi connectivity index (χ1v) is 10.1. The van der Waals surface area contributed by atoms with Crippen LogP contribution >= 0.6 is 0 Å². The van der Waals surface area contributed by atoms with E-state index >= 15 is 0 Å². The highest BCUT2D eigenvalue weighted by Gasteiger charge is 2.32. The van der Waals surface area contributed by atoms with Crippen molar-refractivity contribution in [2.75, 3.05) is 26.8 Å². The van der Waals surface area contributed by atoms with Crippen molar-refractivity contribution < 1.29 is 23.8 Å². The van der Waals surface area contributed by atoms with Gasteiger partial charge in [-0.3, -0.25) is 9.69 Å². The molecule has 1 heterocycles. The Hall–Kier alpha value is -2.64. The number of ether oxygens (including phenoxy) is 2. The number of hydrogen-bond acceptors (Lipinski definition) is 5. The Balaban J connectivity index is 1.59. The standard InChI is InChI=1S/C23H29FN2O4/c1-16-12-26(17(2)11-25(16)13-18-4-7-20(24)8-5-18)23(28)15-30-22-10-19(14-27)6-9-21(22)29-3/h4-10,16-17,27H,11-15H2,1-3H3/t16-,17+/m0/s1. The van der Waals surface area contributed by atoms with Crippen LogP contribution in [0.3, 0.4) is 0 Å². The molecule has 0 spiro atoms. The van der Waals surface area contributed by atoms with E-state index < -0.39 is 0 Å². The van der Waals surface area contributed by atoms with Crippen molar-refractivity contribution in [1.82, 2.24) is 9.80 Å². The third-order valence-electron chi connectivity index (χ3n) is 5.50. The van der Waals surface area contributed by atoms with Gasteiger partial charge in [0.1, 0.15) is 5.82 Å². The molecular weight excluding hydrogens is 387 g/mol. The molecule has 0 radical (unpaired) electrons. The molecule has 6 nitrogen and oxygen atoms in total. The summed E-state index contributed by atoms with van der Waals surface area (Å²) in [6.07, 6.45) is 0. The number of amides is 1. The predicted octanol–water partition coefficient (Wildman–Crippen LogP) is 2.83. The summed E-state index contributed by atoms with van der Waals surface area (Å²) < 4.78 is 24.1. The number of aliphatic hydroxyl groups is 1. The quantitative estimate of drug-likeness (QED) is 0.752. The number of piperazine rings is 1. The average molecular weight is 416 g/mol. The van der Waals surface area contributed by atoms with Gasteiger partial charge in [0.15, 0.2) is 18.1 Å². The lowest BCUT2D eigenvalue weighted by Crippen LogP contribution is -2.58. The monoisotopic (exact) mass is 416 g/mol. The Morgan fingerprint density at radius 3 is 2.43 bits per heavy atom. The molecule has 30 heavy (non-hydrogen) atoms. The molecule has 1 aliphatic heterocycles. The molecule has 0 saturated carbocycles. The van der Waals surface area contributed by atoms with Crippen LogP contribution in [0, 0.1) is 5.82 Å². The number of methoxy groups -OCH3 is 1. The average Bonchev–Trinajstić information content (AvgIpc) is 2.75. The van der Waals surface area contributed by atoms with E-state index in [4.69, 9.17) is 9.47 Å². The van der Waals surface area contributed by atoms with Crippen molar-refractivity contribution in [2.45, 2.75) is 39.1 Å². The van der Waals surface area contributed by atoms with Gasteiger partial charge in [0.2, 0.25) is 0 Å². The number of rotatable bonds is 7. The summed E-state index contributed by atoms with van der Waals surface area (Å²) in [5, 5.41) is 9.32. The second-order valence-electron chi connectivity index (χ2n) is 7.73. The van der Waals surface area contributed by atoms with Crippen LogP contribution in [0.1, 0.15) is 25.0 Å². The number of benzene rings is 2. The summed E-state index contributed by atoms with van der Waals surface area (Å²) in [5.41, 5.74) is 1.74. The van der Waals surface area contributed by atoms with Gasteiger partial charge in [0.25, 0.3) is 5.91 Å². The van der Waals surface area contributed by atoms with Crippen molar-refractivity contribution in [3.63, 3.8) is 0 Å². The molecule has 1 N–H and O–H groups in total. The predicted molar refractivity (Wildman–Crippen MR) is 112 cm³/mol. The van der Waals surface area contributed by atoms with E-state index in [1.54, 1.807) is 30.3 Å². The number of carbonyl (C=O) groups excluding carboxylic acids is 1. The smallest absolute Gasteiger partial charge is 0.260 e. The van der Waals surface area contributed by atoms with Crippen molar-refractivity contribution in [2.24, 2.45) is 0 Å². The molecule has 162 valence electrons. The molecule has 1 saturated heterocycles. The van der Waals surface area contributed by atoms with Crippen LogP contribution in [-0.4, -0.2) is 59.7 Å². The third kappa shape index (κ3) is 5.29. The molecule has 0 aromatic heterocycles. The van der Waals surface area contributed by atoms with Crippen LogP contribution in [0.5, 0.6) is 11.5 Å². The normalized spacial score (nSPS) is 19.6. The van der Waals surface area contributed by atoms with Crippen molar-refractivity contribution in [3.05, 3.63) is 59.4 Å². The van der Waals surface area contributed by atoms with Crippen molar-refractivity contribution in [3.8, 4) is 11.5 Å². The maximum atomic E-state index is 13.1. The van der Waals surface area contributed by atoms with Gasteiger partial charge >= 0.3 is 0 Å². The number of aliphatic hydroxyl groups excluding tert-OH is 1. The fourth-order valence-electron chi connectivity index (χ4n) is 3.74. The number of hydrogen-bond donors (Lipinski definition) is 1. The molecule has 1 fully saturated rings. The number of carbonyl (C=O) groups is 1. The van der Waals surface area contributed by atoms with E-state index in [9.17, 15) is 14.3 Å². The zero-order chi connectivity index (χ0) is 21.7. The third-order valence-corrected chi connectivity index (χ3v) is 5.50. The van der Waals surface area contributed by atoms with E-state index in [-0.39, 0.29) is 37.0 Å². The van der Waals surface area contributed by atoms with Gasteiger partial charge in [0, 0.05) is 31.7 Å². The molecule has 0 unspecified atom stereocenters. The topological polar surface area (TPSA) is 62.2 Å². The Bertz CT molecular complexity index is 859. The van der Waals surface area contributed by atoms with Crippen molar-refractivity contribution in [1.29, 1.82) is 0 Å². The summed E-state index contributed by atoms with van der Waals surface area (Å²) in [6, 6.07) is 11.9. The lowest BCUT2D eigenvalue weighted by atomic mass is 10.1. The van der Waals surface area contributed by atoms with Gasteiger partial charge in [-0.25, -0.2) is 4.39 Å². The van der Waals surface area contributed by atoms with E-state index in [1.165, 1.54) is 19.2 Å². The lowest BCUT2D eigenvalue weighted by Gasteiger charge is -2.44. The fraction of sp³-hybridized carbons (Fsp3) is 0.435. The molecule has 2 atom stereocenters. The fourth-order valence-corrected chi connectivity index (χ4v) is 3.74. The largest absolute Gasteiger partial charge is 0.493 e. The van der Waals surface area contributed by atoms with E-state index in [1.807, 2.05) is 11.8 Å². The number of halogens is 1. The maximum absolute atomic E-state index is 13.1. The van der Waals surface area contributed by atoms with Crippen LogP contribution in [0.25, 0.3) is 0 Å².